The summed E-state index contributed by atoms with van der Waals surface area (Å²) < 4.78 is 11.8. The fourth-order valence-corrected chi connectivity index (χ4v) is 4.86. The van der Waals surface area contributed by atoms with Gasteiger partial charge in [0.25, 0.3) is 0 Å². The van der Waals surface area contributed by atoms with Gasteiger partial charge in [-0.1, -0.05) is 18.2 Å². The van der Waals surface area contributed by atoms with Crippen molar-refractivity contribution in [2.24, 2.45) is 0 Å². The Balaban J connectivity index is 1.47. The first-order chi connectivity index (χ1) is 15.2. The van der Waals surface area contributed by atoms with Gasteiger partial charge in [-0.2, -0.15) is 0 Å². The van der Waals surface area contributed by atoms with Crippen LogP contribution in [0.15, 0.2) is 53.2 Å². The quantitative estimate of drug-likeness (QED) is 0.605. The van der Waals surface area contributed by atoms with E-state index < -0.39 is 0 Å². The molecule has 5 nitrogen and oxygen atoms in total. The highest BCUT2D eigenvalue weighted by atomic mass is 16.5. The summed E-state index contributed by atoms with van der Waals surface area (Å²) in [6, 6.07) is 12.8. The molecule has 160 valence electrons. The number of fused-ring (bicyclic) bond motifs is 1. The number of nitrogens with one attached hydrogen (secondary N) is 1. The van der Waals surface area contributed by atoms with Gasteiger partial charge < -0.3 is 19.5 Å². The Morgan fingerprint density at radius 1 is 1.03 bits per heavy atom. The molecule has 1 saturated heterocycles. The number of hydrogen-bond donors (Lipinski definition) is 1. The molecule has 0 saturated carbocycles. The lowest BCUT2D eigenvalue weighted by Gasteiger charge is -2.30. The zero-order chi connectivity index (χ0) is 21.2. The Kier molecular flexibility index (Phi) is 5.70. The molecule has 3 heterocycles. The lowest BCUT2D eigenvalue weighted by atomic mass is 9.93. The minimum Gasteiger partial charge on any atom is -0.460 e. The van der Waals surface area contributed by atoms with Gasteiger partial charge in [-0.05, 0) is 73.7 Å². The molecule has 5 heteroatoms. The number of benzene rings is 1. The van der Waals surface area contributed by atoms with Gasteiger partial charge in [0.2, 0.25) is 0 Å². The van der Waals surface area contributed by atoms with E-state index >= 15 is 0 Å². The van der Waals surface area contributed by atoms with Crippen LogP contribution < -0.4 is 0 Å². The second kappa shape index (κ2) is 8.77. The summed E-state index contributed by atoms with van der Waals surface area (Å²) in [5, 5.41) is 8.14. The van der Waals surface area contributed by atoms with E-state index in [4.69, 9.17) is 14.6 Å². The predicted octanol–water partition coefficient (Wildman–Crippen LogP) is 5.15. The van der Waals surface area contributed by atoms with Gasteiger partial charge in [0.05, 0.1) is 6.61 Å². The summed E-state index contributed by atoms with van der Waals surface area (Å²) in [5.74, 6) is 2.45. The molecule has 1 fully saturated rings. The van der Waals surface area contributed by atoms with E-state index in [0.29, 0.717) is 5.92 Å². The number of ether oxygens (including phenoxy) is 1. The van der Waals surface area contributed by atoms with Gasteiger partial charge in [0.15, 0.2) is 0 Å². The lowest BCUT2D eigenvalue weighted by Crippen LogP contribution is -2.35. The number of hydrogen-bond acceptors (Lipinski definition) is 5. The summed E-state index contributed by atoms with van der Waals surface area (Å²) in [5.41, 5.74) is 6.50. The van der Waals surface area contributed by atoms with Crippen molar-refractivity contribution in [1.82, 2.24) is 9.88 Å². The zero-order valence-electron chi connectivity index (χ0n) is 18.1. The third-order valence-electron chi connectivity index (χ3n) is 6.68. The van der Waals surface area contributed by atoms with Crippen molar-refractivity contribution in [1.29, 1.82) is 5.41 Å². The molecule has 2 aromatic heterocycles. The van der Waals surface area contributed by atoms with Crippen LogP contribution in [0.5, 0.6) is 0 Å². The smallest absolute Gasteiger partial charge is 0.142 e. The van der Waals surface area contributed by atoms with Gasteiger partial charge in [-0.25, -0.2) is 0 Å². The van der Waals surface area contributed by atoms with Gasteiger partial charge in [0.1, 0.15) is 11.5 Å². The molecule has 5 rings (SSSR count). The second-order valence-corrected chi connectivity index (χ2v) is 8.59. The van der Waals surface area contributed by atoms with Gasteiger partial charge in [0, 0.05) is 48.8 Å². The maximum absolute atomic E-state index is 8.14. The van der Waals surface area contributed by atoms with E-state index in [2.05, 4.69) is 34.1 Å². The summed E-state index contributed by atoms with van der Waals surface area (Å²) in [6.45, 7) is 3.95. The first-order valence-electron chi connectivity index (χ1n) is 11.2. The first kappa shape index (κ1) is 20.2. The molecule has 2 aliphatic rings. The number of piperidine rings is 1. The minimum atomic E-state index is 0.440. The summed E-state index contributed by atoms with van der Waals surface area (Å²) in [4.78, 5) is 6.65. The van der Waals surface area contributed by atoms with Gasteiger partial charge in [-0.15, -0.1) is 0 Å². The van der Waals surface area contributed by atoms with Crippen LogP contribution in [0.1, 0.15) is 42.1 Å². The van der Waals surface area contributed by atoms with Crippen LogP contribution in [0.25, 0.3) is 22.5 Å². The highest BCUT2D eigenvalue weighted by molar-refractivity contribution is 6.03. The molecule has 0 bridgehead atoms. The van der Waals surface area contributed by atoms with Crippen LogP contribution in [0.4, 0.5) is 0 Å². The van der Waals surface area contributed by atoms with Crippen molar-refractivity contribution in [3.05, 3.63) is 65.7 Å². The number of aromatic nitrogens is 1. The number of pyridine rings is 1. The number of furan rings is 1. The van der Waals surface area contributed by atoms with E-state index in [0.717, 1.165) is 85.8 Å². The van der Waals surface area contributed by atoms with Crippen molar-refractivity contribution in [3.63, 3.8) is 0 Å². The van der Waals surface area contributed by atoms with Crippen LogP contribution in [0.2, 0.25) is 0 Å². The predicted molar refractivity (Wildman–Crippen MR) is 123 cm³/mol. The molecule has 31 heavy (non-hydrogen) atoms. The first-order valence-corrected chi connectivity index (χ1v) is 11.2. The molecular weight excluding hydrogens is 386 g/mol. The molecule has 1 aliphatic carbocycles. The second-order valence-electron chi connectivity index (χ2n) is 8.59. The summed E-state index contributed by atoms with van der Waals surface area (Å²) >= 11 is 0. The Labute approximate surface area is 183 Å². The number of likely N-dealkylation sites (tertiary alicyclic amines) is 1. The number of rotatable bonds is 6. The highest BCUT2D eigenvalue weighted by Crippen LogP contribution is 2.41. The van der Waals surface area contributed by atoms with Crippen LogP contribution in [-0.4, -0.2) is 48.9 Å². The fraction of sp³-hybridized carbons (Fsp3) is 0.385. The third-order valence-corrected chi connectivity index (χ3v) is 6.68. The van der Waals surface area contributed by atoms with E-state index in [1.165, 1.54) is 11.1 Å². The van der Waals surface area contributed by atoms with Gasteiger partial charge in [-0.3, -0.25) is 4.98 Å². The molecular formula is C26H29N3O2. The molecule has 3 aromatic rings. The van der Waals surface area contributed by atoms with Crippen LogP contribution >= 0.6 is 0 Å². The van der Waals surface area contributed by atoms with E-state index in [1.54, 1.807) is 7.11 Å². The van der Waals surface area contributed by atoms with Gasteiger partial charge >= 0.3 is 0 Å². The van der Waals surface area contributed by atoms with Crippen LogP contribution in [-0.2, 0) is 11.2 Å². The van der Waals surface area contributed by atoms with Crippen molar-refractivity contribution in [2.75, 3.05) is 33.4 Å². The molecule has 1 N–H and O–H groups in total. The standard InChI is InChI=1S/C26H29N3O2/c1-30-15-14-29-12-8-18(9-13-29)25-17-23(26(31-25)19-6-10-28-11-7-19)21-2-4-22-20(16-21)3-5-24(22)27/h2,4,6-7,10-11,16-18,27H,3,5,8-9,12-15H2,1H3. The van der Waals surface area contributed by atoms with E-state index in [-0.39, 0.29) is 0 Å². The van der Waals surface area contributed by atoms with E-state index in [1.807, 2.05) is 24.5 Å². The minimum absolute atomic E-state index is 0.440. The Bertz CT molecular complexity index is 1070. The number of methoxy groups -OCH3 is 1. The average Bonchev–Trinajstić information content (AvgIpc) is 3.43. The monoisotopic (exact) mass is 415 g/mol. The van der Waals surface area contributed by atoms with Crippen molar-refractivity contribution < 1.29 is 9.15 Å². The maximum Gasteiger partial charge on any atom is 0.142 e. The molecule has 0 spiro atoms. The molecule has 0 amide bonds. The third kappa shape index (κ3) is 4.08. The van der Waals surface area contributed by atoms with Crippen molar-refractivity contribution in [2.45, 2.75) is 31.6 Å². The Morgan fingerprint density at radius 3 is 2.61 bits per heavy atom. The Morgan fingerprint density at radius 2 is 1.84 bits per heavy atom. The van der Waals surface area contributed by atoms with Crippen LogP contribution in [0, 0.1) is 5.41 Å². The number of aryl methyl sites for hydroxylation is 1. The lowest BCUT2D eigenvalue weighted by molar-refractivity contribution is 0.128. The SMILES string of the molecule is COCCN1CCC(c2cc(-c3ccc4c(c3)CCC4=N)c(-c3ccncc3)o2)CC1. The normalized spacial score (nSPS) is 17.3. The number of nitrogens with zero attached hydrogens (tertiary/aromatic N) is 2. The Hall–Kier alpha value is -2.76. The zero-order valence-corrected chi connectivity index (χ0v) is 18.1. The molecule has 1 aliphatic heterocycles. The average molecular weight is 416 g/mol. The molecule has 0 atom stereocenters. The largest absolute Gasteiger partial charge is 0.460 e. The molecule has 1 aromatic carbocycles. The molecule has 0 unspecified atom stereocenters. The summed E-state index contributed by atoms with van der Waals surface area (Å²) in [6.07, 6.45) is 7.65. The summed E-state index contributed by atoms with van der Waals surface area (Å²) in [7, 11) is 1.76. The van der Waals surface area contributed by atoms with E-state index in [9.17, 15) is 0 Å². The topological polar surface area (TPSA) is 62.4 Å². The highest BCUT2D eigenvalue weighted by Gasteiger charge is 2.26. The van der Waals surface area contributed by atoms with Crippen LogP contribution in [0.3, 0.4) is 0 Å². The van der Waals surface area contributed by atoms with Crippen molar-refractivity contribution >= 4 is 5.71 Å². The maximum atomic E-state index is 8.14. The molecule has 0 radical (unpaired) electrons. The van der Waals surface area contributed by atoms with Crippen molar-refractivity contribution in [3.8, 4) is 22.5 Å². The fourth-order valence-electron chi connectivity index (χ4n) is 4.86.